The Morgan fingerprint density at radius 1 is 1.09 bits per heavy atom. The van der Waals surface area contributed by atoms with E-state index in [4.69, 9.17) is 0 Å². The minimum Gasteiger partial charge on any atom is -0.385 e. The van der Waals surface area contributed by atoms with Gasteiger partial charge in [0, 0.05) is 28.7 Å². The summed E-state index contributed by atoms with van der Waals surface area (Å²) >= 11 is 3.38. The predicted octanol–water partition coefficient (Wildman–Crippen LogP) is 5.65. The summed E-state index contributed by atoms with van der Waals surface area (Å²) in [5.74, 6) is 0.754. The van der Waals surface area contributed by atoms with Gasteiger partial charge >= 0.3 is 0 Å². The maximum Gasteiger partial charge on any atom is 0.164 e. The third-order valence-corrected chi connectivity index (χ3v) is 4.47. The molecule has 0 aromatic heterocycles. The normalized spacial score (nSPS) is 12.0. The maximum atomic E-state index is 12.1. The van der Waals surface area contributed by atoms with Gasteiger partial charge in [-0.1, -0.05) is 54.0 Å². The van der Waals surface area contributed by atoms with Crippen LogP contribution in [0.25, 0.3) is 0 Å². The van der Waals surface area contributed by atoms with Crippen LogP contribution in [0.1, 0.15) is 48.5 Å². The molecule has 116 valence electrons. The molecule has 2 aromatic rings. The van der Waals surface area contributed by atoms with Gasteiger partial charge in [-0.25, -0.2) is 0 Å². The quantitative estimate of drug-likeness (QED) is 0.647. The summed E-state index contributed by atoms with van der Waals surface area (Å²) in [4.78, 5) is 12.1. The molecule has 0 unspecified atom stereocenters. The lowest BCUT2D eigenvalue weighted by Crippen LogP contribution is -2.08. The summed E-state index contributed by atoms with van der Waals surface area (Å²) in [5, 5.41) is 3.31. The average molecular weight is 360 g/mol. The van der Waals surface area contributed by atoms with Crippen LogP contribution in [0, 0.1) is 0 Å². The molecule has 2 rings (SSSR count). The molecule has 0 aliphatic rings. The Labute approximate surface area is 141 Å². The second-order valence-corrected chi connectivity index (χ2v) is 6.45. The van der Waals surface area contributed by atoms with Gasteiger partial charge in [-0.3, -0.25) is 4.79 Å². The number of carbonyl (C=O) groups is 1. The molecule has 0 aliphatic carbocycles. The molecule has 0 radical (unpaired) electrons. The molecule has 2 nitrogen and oxygen atoms in total. The molecule has 2 aromatic carbocycles. The molecule has 0 heterocycles. The van der Waals surface area contributed by atoms with Crippen molar-refractivity contribution >= 4 is 27.4 Å². The number of halogens is 1. The van der Waals surface area contributed by atoms with Gasteiger partial charge in [0.05, 0.1) is 0 Å². The molecule has 22 heavy (non-hydrogen) atoms. The average Bonchev–Trinajstić information content (AvgIpc) is 2.55. The van der Waals surface area contributed by atoms with E-state index in [1.165, 1.54) is 5.56 Å². The van der Waals surface area contributed by atoms with E-state index >= 15 is 0 Å². The lowest BCUT2D eigenvalue weighted by atomic mass is 9.98. The summed E-state index contributed by atoms with van der Waals surface area (Å²) in [7, 11) is 0. The number of rotatable bonds is 7. The highest BCUT2D eigenvalue weighted by Gasteiger charge is 2.06. The highest BCUT2D eigenvalue weighted by atomic mass is 79.9. The van der Waals surface area contributed by atoms with Crippen molar-refractivity contribution in [1.29, 1.82) is 0 Å². The molecule has 1 N–H and O–H groups in total. The summed E-state index contributed by atoms with van der Waals surface area (Å²) in [6.07, 6.45) is 1.64. The monoisotopic (exact) mass is 359 g/mol. The zero-order valence-corrected chi connectivity index (χ0v) is 14.7. The van der Waals surface area contributed by atoms with Gasteiger partial charge in [0.25, 0.3) is 0 Å². The third kappa shape index (κ3) is 4.70. The molecule has 0 saturated heterocycles. The Morgan fingerprint density at radius 3 is 2.32 bits per heavy atom. The van der Waals surface area contributed by atoms with E-state index in [1.54, 1.807) is 0 Å². The number of hydrogen-bond acceptors (Lipinski definition) is 2. The second kappa shape index (κ2) is 8.14. The van der Waals surface area contributed by atoms with Crippen molar-refractivity contribution in [2.45, 2.75) is 32.6 Å². The van der Waals surface area contributed by atoms with E-state index in [-0.39, 0.29) is 5.78 Å². The Kier molecular flexibility index (Phi) is 6.20. The fraction of sp³-hybridized carbons (Fsp3) is 0.316. The van der Waals surface area contributed by atoms with E-state index in [2.05, 4.69) is 59.4 Å². The fourth-order valence-electron chi connectivity index (χ4n) is 2.27. The molecule has 0 saturated carbocycles. The van der Waals surface area contributed by atoms with Crippen molar-refractivity contribution in [3.05, 3.63) is 64.1 Å². The first-order valence-electron chi connectivity index (χ1n) is 7.72. The summed E-state index contributed by atoms with van der Waals surface area (Å²) in [5.41, 5.74) is 3.19. The van der Waals surface area contributed by atoms with Gasteiger partial charge in [0.1, 0.15) is 0 Å². The summed E-state index contributed by atoms with van der Waals surface area (Å²) in [6.45, 7) is 5.08. The Hall–Kier alpha value is -1.61. The van der Waals surface area contributed by atoms with Gasteiger partial charge in [-0.05, 0) is 42.2 Å². The van der Waals surface area contributed by atoms with Crippen LogP contribution < -0.4 is 5.32 Å². The second-order valence-electron chi connectivity index (χ2n) is 5.54. The first-order valence-corrected chi connectivity index (χ1v) is 8.52. The van der Waals surface area contributed by atoms with E-state index in [9.17, 15) is 4.79 Å². The Bertz CT molecular complexity index is 604. The van der Waals surface area contributed by atoms with Crippen LogP contribution in [0.3, 0.4) is 0 Å². The van der Waals surface area contributed by atoms with Gasteiger partial charge in [0.2, 0.25) is 0 Å². The highest BCUT2D eigenvalue weighted by molar-refractivity contribution is 9.10. The fourth-order valence-corrected chi connectivity index (χ4v) is 2.53. The lowest BCUT2D eigenvalue weighted by molar-refractivity contribution is 0.0986. The molecule has 0 amide bonds. The molecule has 3 heteroatoms. The zero-order chi connectivity index (χ0) is 15.9. The Morgan fingerprint density at radius 2 is 1.73 bits per heavy atom. The van der Waals surface area contributed by atoms with Gasteiger partial charge in [-0.15, -0.1) is 0 Å². The molecule has 0 spiro atoms. The highest BCUT2D eigenvalue weighted by Crippen LogP contribution is 2.20. The minimum atomic E-state index is 0.163. The maximum absolute atomic E-state index is 12.1. The summed E-state index contributed by atoms with van der Waals surface area (Å²) in [6, 6.07) is 16.0. The topological polar surface area (TPSA) is 29.1 Å². The van der Waals surface area contributed by atoms with Crippen molar-refractivity contribution in [2.24, 2.45) is 0 Å². The van der Waals surface area contributed by atoms with E-state index < -0.39 is 0 Å². The Balaban J connectivity index is 1.83. The number of benzene rings is 2. The van der Waals surface area contributed by atoms with Crippen LogP contribution >= 0.6 is 15.9 Å². The SMILES string of the molecule is CC[C@H](C)c1ccc(NCCC(=O)c2ccc(Br)cc2)cc1. The molecule has 0 bridgehead atoms. The molecular weight excluding hydrogens is 338 g/mol. The lowest BCUT2D eigenvalue weighted by Gasteiger charge is -2.11. The van der Waals surface area contributed by atoms with Crippen molar-refractivity contribution < 1.29 is 4.79 Å². The number of Topliss-reactive ketones (excluding diaryl/α,β-unsaturated/α-hetero) is 1. The number of anilines is 1. The number of hydrogen-bond donors (Lipinski definition) is 1. The molecular formula is C19H22BrNO. The van der Waals surface area contributed by atoms with Crippen LogP contribution in [-0.4, -0.2) is 12.3 Å². The van der Waals surface area contributed by atoms with Crippen LogP contribution in [0.2, 0.25) is 0 Å². The molecule has 1 atom stereocenters. The van der Waals surface area contributed by atoms with Crippen molar-refractivity contribution in [2.75, 3.05) is 11.9 Å². The predicted molar refractivity (Wildman–Crippen MR) is 96.7 cm³/mol. The largest absolute Gasteiger partial charge is 0.385 e. The van der Waals surface area contributed by atoms with Gasteiger partial charge in [0.15, 0.2) is 5.78 Å². The van der Waals surface area contributed by atoms with Crippen LogP contribution in [-0.2, 0) is 0 Å². The van der Waals surface area contributed by atoms with E-state index in [0.717, 1.165) is 22.1 Å². The van der Waals surface area contributed by atoms with Crippen LogP contribution in [0.15, 0.2) is 53.0 Å². The number of nitrogens with one attached hydrogen (secondary N) is 1. The van der Waals surface area contributed by atoms with E-state index in [1.807, 2.05) is 24.3 Å². The van der Waals surface area contributed by atoms with E-state index in [0.29, 0.717) is 18.9 Å². The van der Waals surface area contributed by atoms with Gasteiger partial charge < -0.3 is 5.32 Å². The number of ketones is 1. The first-order chi connectivity index (χ1) is 10.6. The van der Waals surface area contributed by atoms with Crippen LogP contribution in [0.5, 0.6) is 0 Å². The van der Waals surface area contributed by atoms with Crippen molar-refractivity contribution in [1.82, 2.24) is 0 Å². The van der Waals surface area contributed by atoms with Crippen molar-refractivity contribution in [3.63, 3.8) is 0 Å². The summed E-state index contributed by atoms with van der Waals surface area (Å²) < 4.78 is 0.989. The zero-order valence-electron chi connectivity index (χ0n) is 13.1. The molecule has 0 aliphatic heterocycles. The first kappa shape index (κ1) is 16.8. The number of carbonyl (C=O) groups excluding carboxylic acids is 1. The smallest absolute Gasteiger partial charge is 0.164 e. The third-order valence-electron chi connectivity index (χ3n) is 3.94. The van der Waals surface area contributed by atoms with Gasteiger partial charge in [-0.2, -0.15) is 0 Å². The van der Waals surface area contributed by atoms with Crippen molar-refractivity contribution in [3.8, 4) is 0 Å². The standard InChI is InChI=1S/C19H22BrNO/c1-3-14(2)15-6-10-18(11-7-15)21-13-12-19(22)16-4-8-17(20)9-5-16/h4-11,14,21H,3,12-13H2,1-2H3/t14-/m0/s1. The minimum absolute atomic E-state index is 0.163. The molecule has 0 fully saturated rings. The van der Waals surface area contributed by atoms with Crippen LogP contribution in [0.4, 0.5) is 5.69 Å².